The van der Waals surface area contributed by atoms with Crippen LogP contribution in [0.15, 0.2) is 48.5 Å². The van der Waals surface area contributed by atoms with Crippen LogP contribution in [0, 0.1) is 0 Å². The molecule has 1 unspecified atom stereocenters. The minimum Gasteiger partial charge on any atom is -0.497 e. The number of aromatic amines is 1. The molecule has 1 aromatic heterocycles. The molecule has 0 radical (unpaired) electrons. The molecule has 0 saturated carbocycles. The lowest BCUT2D eigenvalue weighted by Crippen LogP contribution is -2.30. The van der Waals surface area contributed by atoms with Crippen molar-refractivity contribution < 1.29 is 9.53 Å². The Morgan fingerprint density at radius 2 is 1.85 bits per heavy atom. The number of carbonyl (C=O) groups excluding carboxylic acids is 1. The number of ether oxygens (including phenoxy) is 1. The number of amides is 1. The van der Waals surface area contributed by atoms with E-state index in [0.29, 0.717) is 17.3 Å². The summed E-state index contributed by atoms with van der Waals surface area (Å²) in [6.07, 6.45) is 0.881. The zero-order chi connectivity index (χ0) is 19.0. The number of rotatable bonds is 5. The lowest BCUT2D eigenvalue weighted by atomic mass is 9.96. The second kappa shape index (κ2) is 7.08. The molecule has 0 bridgehead atoms. The summed E-state index contributed by atoms with van der Waals surface area (Å²) in [7, 11) is 1.64. The number of fused-ring (bicyclic) bond motifs is 1. The predicted octanol–water partition coefficient (Wildman–Crippen LogP) is 4.69. The fourth-order valence-electron chi connectivity index (χ4n) is 3.63. The van der Waals surface area contributed by atoms with Crippen molar-refractivity contribution >= 4 is 17.5 Å². The number of hydrogen-bond acceptors (Lipinski definition) is 3. The van der Waals surface area contributed by atoms with E-state index < -0.39 is 0 Å². The number of hydrogen-bond donors (Lipinski definition) is 1. The summed E-state index contributed by atoms with van der Waals surface area (Å²) >= 11 is 6.03. The SMILES string of the molecule is CCCN1C(=O)c2[nH]nc(-c3ccc(Cl)cc3)c2C1c1ccc(OC)cc1. The van der Waals surface area contributed by atoms with E-state index in [4.69, 9.17) is 16.3 Å². The highest BCUT2D eigenvalue weighted by Gasteiger charge is 2.41. The Morgan fingerprint density at radius 3 is 2.48 bits per heavy atom. The number of halogens is 1. The van der Waals surface area contributed by atoms with E-state index in [1.54, 1.807) is 7.11 Å². The molecule has 0 spiro atoms. The van der Waals surface area contributed by atoms with E-state index in [1.807, 2.05) is 53.4 Å². The third-order valence-electron chi connectivity index (χ3n) is 4.88. The van der Waals surface area contributed by atoms with Crippen molar-refractivity contribution in [1.82, 2.24) is 15.1 Å². The summed E-state index contributed by atoms with van der Waals surface area (Å²) in [5.41, 5.74) is 4.24. The highest BCUT2D eigenvalue weighted by Crippen LogP contribution is 2.43. The first-order chi connectivity index (χ1) is 13.1. The molecule has 0 fully saturated rings. The summed E-state index contributed by atoms with van der Waals surface area (Å²) in [6, 6.07) is 15.2. The molecule has 1 N–H and O–H groups in total. The second-order valence-electron chi connectivity index (χ2n) is 6.54. The van der Waals surface area contributed by atoms with Gasteiger partial charge in [0.25, 0.3) is 5.91 Å². The van der Waals surface area contributed by atoms with E-state index in [1.165, 1.54) is 0 Å². The smallest absolute Gasteiger partial charge is 0.273 e. The number of aromatic nitrogens is 2. The van der Waals surface area contributed by atoms with E-state index in [9.17, 15) is 4.79 Å². The first-order valence-electron chi connectivity index (χ1n) is 8.93. The fraction of sp³-hybridized carbons (Fsp3) is 0.238. The van der Waals surface area contributed by atoms with Crippen LogP contribution in [0.3, 0.4) is 0 Å². The molecule has 3 aromatic rings. The molecule has 0 saturated heterocycles. The average Bonchev–Trinajstić information content (AvgIpc) is 3.23. The monoisotopic (exact) mass is 381 g/mol. The molecule has 1 aliphatic rings. The van der Waals surface area contributed by atoms with Crippen LogP contribution < -0.4 is 4.74 Å². The van der Waals surface area contributed by atoms with Gasteiger partial charge in [-0.25, -0.2) is 0 Å². The number of benzene rings is 2. The van der Waals surface area contributed by atoms with Crippen molar-refractivity contribution in [3.63, 3.8) is 0 Å². The number of nitrogens with one attached hydrogen (secondary N) is 1. The molecule has 1 atom stereocenters. The normalized spacial score (nSPS) is 15.9. The van der Waals surface area contributed by atoms with Crippen LogP contribution in [0.25, 0.3) is 11.3 Å². The van der Waals surface area contributed by atoms with Crippen molar-refractivity contribution in [2.24, 2.45) is 0 Å². The molecular formula is C21H20ClN3O2. The predicted molar refractivity (Wildman–Crippen MR) is 105 cm³/mol. The topological polar surface area (TPSA) is 58.2 Å². The number of H-pyrrole nitrogens is 1. The molecule has 1 aliphatic heterocycles. The van der Waals surface area contributed by atoms with Crippen molar-refractivity contribution in [3.8, 4) is 17.0 Å². The quantitative estimate of drug-likeness (QED) is 0.697. The van der Waals surface area contributed by atoms with Crippen molar-refractivity contribution in [2.45, 2.75) is 19.4 Å². The van der Waals surface area contributed by atoms with E-state index >= 15 is 0 Å². The molecule has 0 aliphatic carbocycles. The standard InChI is InChI=1S/C21H20ClN3O2/c1-3-12-25-20(14-6-10-16(27-2)11-7-14)17-18(23-24-19(17)21(25)26)13-4-8-15(22)9-5-13/h4-11,20H,3,12H2,1-2H3,(H,23,24). The van der Waals surface area contributed by atoms with Gasteiger partial charge in [-0.05, 0) is 36.2 Å². The van der Waals surface area contributed by atoms with Crippen molar-refractivity contribution in [3.05, 3.63) is 70.4 Å². The van der Waals surface area contributed by atoms with Gasteiger partial charge in [0.05, 0.1) is 18.8 Å². The number of carbonyl (C=O) groups is 1. The molecule has 2 heterocycles. The Hall–Kier alpha value is -2.79. The van der Waals surface area contributed by atoms with Gasteiger partial charge in [0, 0.05) is 22.7 Å². The van der Waals surface area contributed by atoms with Crippen LogP contribution in [0.1, 0.15) is 41.0 Å². The molecular weight excluding hydrogens is 362 g/mol. The molecule has 2 aromatic carbocycles. The van der Waals surface area contributed by atoms with Crippen LogP contribution in [0.4, 0.5) is 0 Å². The van der Waals surface area contributed by atoms with Crippen LogP contribution in [-0.4, -0.2) is 34.7 Å². The first-order valence-corrected chi connectivity index (χ1v) is 9.31. The molecule has 6 heteroatoms. The Balaban J connectivity index is 1.85. The van der Waals surface area contributed by atoms with Crippen molar-refractivity contribution in [2.75, 3.05) is 13.7 Å². The summed E-state index contributed by atoms with van der Waals surface area (Å²) in [5, 5.41) is 8.08. The maximum atomic E-state index is 13.0. The molecule has 138 valence electrons. The van der Waals surface area contributed by atoms with Gasteiger partial charge in [0.2, 0.25) is 0 Å². The van der Waals surface area contributed by atoms with Crippen LogP contribution in [0.2, 0.25) is 5.02 Å². The van der Waals surface area contributed by atoms with Gasteiger partial charge in [0.1, 0.15) is 11.4 Å². The van der Waals surface area contributed by atoms with E-state index in [2.05, 4.69) is 17.1 Å². The average molecular weight is 382 g/mol. The molecule has 27 heavy (non-hydrogen) atoms. The maximum absolute atomic E-state index is 13.0. The lowest BCUT2D eigenvalue weighted by molar-refractivity contribution is 0.0744. The first kappa shape index (κ1) is 17.6. The Bertz CT molecular complexity index is 964. The highest BCUT2D eigenvalue weighted by molar-refractivity contribution is 6.30. The van der Waals surface area contributed by atoms with E-state index in [0.717, 1.165) is 34.6 Å². The maximum Gasteiger partial charge on any atom is 0.273 e. The Labute approximate surface area is 162 Å². The highest BCUT2D eigenvalue weighted by atomic mass is 35.5. The van der Waals surface area contributed by atoms with Gasteiger partial charge in [-0.1, -0.05) is 42.8 Å². The zero-order valence-electron chi connectivity index (χ0n) is 15.2. The van der Waals surface area contributed by atoms with Gasteiger partial charge in [-0.15, -0.1) is 0 Å². The van der Waals surface area contributed by atoms with Crippen molar-refractivity contribution in [1.29, 1.82) is 0 Å². The third kappa shape index (κ3) is 2.98. The largest absolute Gasteiger partial charge is 0.497 e. The second-order valence-corrected chi connectivity index (χ2v) is 6.98. The minimum atomic E-state index is -0.178. The Morgan fingerprint density at radius 1 is 1.15 bits per heavy atom. The van der Waals surface area contributed by atoms with Crippen LogP contribution in [0.5, 0.6) is 5.75 Å². The minimum absolute atomic E-state index is 0.0135. The summed E-state index contributed by atoms with van der Waals surface area (Å²) in [4.78, 5) is 14.9. The Kier molecular flexibility index (Phi) is 4.62. The summed E-state index contributed by atoms with van der Waals surface area (Å²) in [6.45, 7) is 2.75. The van der Waals surface area contributed by atoms with Crippen LogP contribution >= 0.6 is 11.6 Å². The van der Waals surface area contributed by atoms with E-state index in [-0.39, 0.29) is 11.9 Å². The van der Waals surface area contributed by atoms with Gasteiger partial charge in [-0.2, -0.15) is 5.10 Å². The molecule has 5 nitrogen and oxygen atoms in total. The lowest BCUT2D eigenvalue weighted by Gasteiger charge is -2.26. The summed E-state index contributed by atoms with van der Waals surface area (Å²) < 4.78 is 5.27. The van der Waals surface area contributed by atoms with Gasteiger partial charge in [-0.3, -0.25) is 9.89 Å². The van der Waals surface area contributed by atoms with Crippen LogP contribution in [-0.2, 0) is 0 Å². The third-order valence-corrected chi connectivity index (χ3v) is 5.13. The number of nitrogens with zero attached hydrogens (tertiary/aromatic N) is 2. The summed E-state index contributed by atoms with van der Waals surface area (Å²) in [5.74, 6) is 0.774. The van der Waals surface area contributed by atoms with Gasteiger partial charge < -0.3 is 9.64 Å². The molecule has 1 amide bonds. The fourth-order valence-corrected chi connectivity index (χ4v) is 3.75. The molecule has 4 rings (SSSR count). The van der Waals surface area contributed by atoms with Gasteiger partial charge >= 0.3 is 0 Å². The number of methoxy groups -OCH3 is 1. The van der Waals surface area contributed by atoms with Gasteiger partial charge in [0.15, 0.2) is 0 Å². The zero-order valence-corrected chi connectivity index (χ0v) is 16.0.